The number of H-pyrrole nitrogens is 1. The van der Waals surface area contributed by atoms with Crippen molar-refractivity contribution in [2.24, 2.45) is 0 Å². The molecule has 0 fully saturated rings. The molecule has 1 aromatic heterocycles. The van der Waals surface area contributed by atoms with Gasteiger partial charge in [-0.05, 0) is 19.1 Å². The molecule has 106 valence electrons. The summed E-state index contributed by atoms with van der Waals surface area (Å²) in [6.45, 7) is 2.07. The highest BCUT2D eigenvalue weighted by atomic mass is 35.5. The minimum absolute atomic E-state index is 0.176. The van der Waals surface area contributed by atoms with Crippen molar-refractivity contribution in [3.63, 3.8) is 0 Å². The molecular weight excluding hydrogens is 284 g/mol. The number of ether oxygens (including phenoxy) is 2. The van der Waals surface area contributed by atoms with Crippen molar-refractivity contribution in [1.29, 1.82) is 0 Å². The normalized spacial score (nSPS) is 10.1. The number of nitrogens with one attached hydrogen (secondary N) is 2. The van der Waals surface area contributed by atoms with E-state index in [9.17, 15) is 4.79 Å². The molecule has 0 radical (unpaired) electrons. The quantitative estimate of drug-likeness (QED) is 0.849. The molecule has 2 aromatic rings. The fourth-order valence-corrected chi connectivity index (χ4v) is 1.56. The molecule has 1 aromatic carbocycles. The molecule has 0 saturated carbocycles. The maximum Gasteiger partial charge on any atom is 0.337 e. The van der Waals surface area contributed by atoms with E-state index in [1.54, 1.807) is 24.3 Å². The van der Waals surface area contributed by atoms with Gasteiger partial charge >= 0.3 is 6.01 Å². The van der Waals surface area contributed by atoms with Gasteiger partial charge in [0.05, 0.1) is 11.6 Å². The van der Waals surface area contributed by atoms with Gasteiger partial charge in [0, 0.05) is 0 Å². The van der Waals surface area contributed by atoms with Gasteiger partial charge in [-0.15, -0.1) is 5.10 Å². The van der Waals surface area contributed by atoms with Crippen LogP contribution in [0.3, 0.4) is 0 Å². The topological polar surface area (TPSA) is 89.1 Å². The fourth-order valence-electron chi connectivity index (χ4n) is 1.37. The second kappa shape index (κ2) is 6.76. The first kappa shape index (κ1) is 14.1. The zero-order valence-corrected chi connectivity index (χ0v) is 11.5. The summed E-state index contributed by atoms with van der Waals surface area (Å²) in [5.41, 5.74) is 0. The molecule has 7 nitrogen and oxygen atoms in total. The van der Waals surface area contributed by atoms with Gasteiger partial charge < -0.3 is 9.47 Å². The van der Waals surface area contributed by atoms with E-state index < -0.39 is 0 Å². The molecule has 0 aliphatic rings. The van der Waals surface area contributed by atoms with E-state index in [0.29, 0.717) is 17.4 Å². The van der Waals surface area contributed by atoms with E-state index in [1.165, 1.54) is 0 Å². The summed E-state index contributed by atoms with van der Waals surface area (Å²) in [4.78, 5) is 15.6. The van der Waals surface area contributed by atoms with Crippen LogP contribution in [0.5, 0.6) is 11.8 Å². The highest BCUT2D eigenvalue weighted by Gasteiger charge is 2.09. The van der Waals surface area contributed by atoms with Crippen molar-refractivity contribution in [2.45, 2.75) is 6.92 Å². The van der Waals surface area contributed by atoms with Crippen LogP contribution in [-0.2, 0) is 4.79 Å². The number of halogens is 1. The highest BCUT2D eigenvalue weighted by Crippen LogP contribution is 2.22. The van der Waals surface area contributed by atoms with Crippen molar-refractivity contribution >= 4 is 23.5 Å². The standard InChI is InChI=1S/C12H13ClN4O3/c1-2-19-12-15-11(16-17-12)14-10(18)7-20-9-6-4-3-5-8(9)13/h3-6H,2,7H2,1H3,(H2,14,15,16,17,18). The van der Waals surface area contributed by atoms with Gasteiger partial charge in [0.2, 0.25) is 5.95 Å². The maximum atomic E-state index is 11.7. The molecule has 1 amide bonds. The number of benzene rings is 1. The monoisotopic (exact) mass is 296 g/mol. The van der Waals surface area contributed by atoms with Crippen LogP contribution in [0.1, 0.15) is 6.92 Å². The molecule has 2 rings (SSSR count). The summed E-state index contributed by atoms with van der Waals surface area (Å²) in [5.74, 6) is 0.252. The molecule has 8 heteroatoms. The van der Waals surface area contributed by atoms with Crippen LogP contribution >= 0.6 is 11.6 Å². The van der Waals surface area contributed by atoms with Crippen molar-refractivity contribution < 1.29 is 14.3 Å². The fraction of sp³-hybridized carbons (Fsp3) is 0.250. The Morgan fingerprint density at radius 2 is 2.20 bits per heavy atom. The number of aromatic nitrogens is 3. The highest BCUT2D eigenvalue weighted by molar-refractivity contribution is 6.32. The van der Waals surface area contributed by atoms with Gasteiger partial charge in [-0.1, -0.05) is 23.7 Å². The number of nitrogens with zero attached hydrogens (tertiary/aromatic N) is 2. The number of aromatic amines is 1. The van der Waals surface area contributed by atoms with Crippen LogP contribution in [0.4, 0.5) is 5.95 Å². The number of rotatable bonds is 6. The van der Waals surface area contributed by atoms with Crippen molar-refractivity contribution in [3.8, 4) is 11.8 Å². The summed E-state index contributed by atoms with van der Waals surface area (Å²) < 4.78 is 10.3. The summed E-state index contributed by atoms with van der Waals surface area (Å²) in [6, 6.07) is 7.08. The smallest absolute Gasteiger partial charge is 0.337 e. The zero-order chi connectivity index (χ0) is 14.4. The lowest BCUT2D eigenvalue weighted by Crippen LogP contribution is -2.21. The van der Waals surface area contributed by atoms with E-state index >= 15 is 0 Å². The number of hydrogen-bond acceptors (Lipinski definition) is 5. The van der Waals surface area contributed by atoms with Gasteiger partial charge in [0.25, 0.3) is 5.91 Å². The second-order valence-electron chi connectivity index (χ2n) is 3.67. The molecule has 2 N–H and O–H groups in total. The van der Waals surface area contributed by atoms with Crippen LogP contribution in [0.2, 0.25) is 5.02 Å². The number of carbonyl (C=O) groups is 1. The lowest BCUT2D eigenvalue weighted by atomic mass is 10.3. The summed E-state index contributed by atoms with van der Waals surface area (Å²) in [6.07, 6.45) is 0. The van der Waals surface area contributed by atoms with Gasteiger partial charge in [-0.2, -0.15) is 4.98 Å². The summed E-state index contributed by atoms with van der Waals surface area (Å²) >= 11 is 5.90. The molecule has 0 atom stereocenters. The van der Waals surface area contributed by atoms with E-state index in [1.807, 2.05) is 6.92 Å². The summed E-state index contributed by atoms with van der Waals surface area (Å²) in [7, 11) is 0. The Morgan fingerprint density at radius 3 is 2.95 bits per heavy atom. The molecule has 1 heterocycles. The first-order valence-electron chi connectivity index (χ1n) is 5.91. The molecule has 0 spiro atoms. The Labute approximate surface area is 120 Å². The van der Waals surface area contributed by atoms with Crippen molar-refractivity contribution in [3.05, 3.63) is 29.3 Å². The van der Waals surface area contributed by atoms with Crippen LogP contribution in [0, 0.1) is 0 Å². The van der Waals surface area contributed by atoms with Crippen LogP contribution in [-0.4, -0.2) is 34.3 Å². The van der Waals surface area contributed by atoms with E-state index in [0.717, 1.165) is 0 Å². The Balaban J connectivity index is 1.84. The summed E-state index contributed by atoms with van der Waals surface area (Å²) in [5, 5.41) is 9.23. The zero-order valence-electron chi connectivity index (χ0n) is 10.7. The Kier molecular flexibility index (Phi) is 4.78. The van der Waals surface area contributed by atoms with Crippen molar-refractivity contribution in [2.75, 3.05) is 18.5 Å². The first-order chi connectivity index (χ1) is 9.69. The molecule has 0 aliphatic heterocycles. The number of carbonyl (C=O) groups excluding carboxylic acids is 1. The van der Waals surface area contributed by atoms with Crippen LogP contribution in [0.25, 0.3) is 0 Å². The molecule has 20 heavy (non-hydrogen) atoms. The number of amides is 1. The molecule has 0 unspecified atom stereocenters. The third kappa shape index (κ3) is 3.86. The average Bonchev–Trinajstić information content (AvgIpc) is 2.85. The largest absolute Gasteiger partial charge is 0.482 e. The third-order valence-corrected chi connectivity index (χ3v) is 2.50. The van der Waals surface area contributed by atoms with E-state index in [2.05, 4.69) is 20.5 Å². The lowest BCUT2D eigenvalue weighted by Gasteiger charge is -2.06. The number of hydrogen-bond donors (Lipinski definition) is 2. The molecule has 0 bridgehead atoms. The Hall–Kier alpha value is -2.28. The predicted octanol–water partition coefficient (Wildman–Crippen LogP) is 1.87. The molecule has 0 aliphatic carbocycles. The van der Waals surface area contributed by atoms with Crippen LogP contribution in [0.15, 0.2) is 24.3 Å². The average molecular weight is 297 g/mol. The van der Waals surface area contributed by atoms with E-state index in [-0.39, 0.29) is 24.5 Å². The lowest BCUT2D eigenvalue weighted by molar-refractivity contribution is -0.118. The number of anilines is 1. The first-order valence-corrected chi connectivity index (χ1v) is 6.29. The number of para-hydroxylation sites is 1. The van der Waals surface area contributed by atoms with Gasteiger partial charge in [0.1, 0.15) is 5.75 Å². The molecule has 0 saturated heterocycles. The maximum absolute atomic E-state index is 11.7. The van der Waals surface area contributed by atoms with Gasteiger partial charge in [-0.25, -0.2) is 5.10 Å². The van der Waals surface area contributed by atoms with Gasteiger partial charge in [-0.3, -0.25) is 10.1 Å². The Bertz CT molecular complexity index is 588. The van der Waals surface area contributed by atoms with E-state index in [4.69, 9.17) is 21.1 Å². The second-order valence-corrected chi connectivity index (χ2v) is 4.07. The SMILES string of the molecule is CCOc1n[nH]c(NC(=O)COc2ccccc2Cl)n1. The predicted molar refractivity (Wildman–Crippen MR) is 73.1 cm³/mol. The van der Waals surface area contributed by atoms with Crippen LogP contribution < -0.4 is 14.8 Å². The third-order valence-electron chi connectivity index (χ3n) is 2.19. The Morgan fingerprint density at radius 1 is 1.40 bits per heavy atom. The minimum Gasteiger partial charge on any atom is -0.482 e. The van der Waals surface area contributed by atoms with Crippen molar-refractivity contribution in [1.82, 2.24) is 15.2 Å². The van der Waals surface area contributed by atoms with Gasteiger partial charge in [0.15, 0.2) is 6.61 Å². The molecular formula is C12H13ClN4O3. The minimum atomic E-state index is -0.385.